The number of piperidine rings is 1. The minimum atomic E-state index is -4.84. The van der Waals surface area contributed by atoms with E-state index in [0.717, 1.165) is 15.9 Å². The smallest absolute Gasteiger partial charge is 0.348 e. The van der Waals surface area contributed by atoms with Crippen LogP contribution in [-0.4, -0.2) is 24.0 Å². The Kier molecular flexibility index (Phi) is 5.35. The van der Waals surface area contributed by atoms with E-state index >= 15 is 0 Å². The van der Waals surface area contributed by atoms with E-state index in [1.54, 1.807) is 6.07 Å². The third-order valence-electron chi connectivity index (χ3n) is 5.01. The molecule has 1 amide bonds. The standard InChI is InChI=1S/C20H16F5N3OS/c21-12-1-4-16-17(9-12)30-19(27-16)28-7-5-11(6-8-28)18(29)26-13-2-3-15(22)14(10-13)20(23,24)25/h1-4,9-11H,5-8H2,(H,26,29). The summed E-state index contributed by atoms with van der Waals surface area (Å²) in [6, 6.07) is 6.79. The number of amides is 1. The first-order chi connectivity index (χ1) is 14.2. The molecule has 0 spiro atoms. The minimum Gasteiger partial charge on any atom is -0.348 e. The summed E-state index contributed by atoms with van der Waals surface area (Å²) < 4.78 is 66.0. The average Bonchev–Trinajstić information content (AvgIpc) is 3.12. The molecule has 158 valence electrons. The Morgan fingerprint density at radius 2 is 1.83 bits per heavy atom. The summed E-state index contributed by atoms with van der Waals surface area (Å²) in [5.41, 5.74) is -0.806. The third kappa shape index (κ3) is 4.23. The van der Waals surface area contributed by atoms with Crippen LogP contribution in [0.25, 0.3) is 10.2 Å². The van der Waals surface area contributed by atoms with Crippen molar-refractivity contribution in [3.05, 3.63) is 53.6 Å². The number of hydrogen-bond acceptors (Lipinski definition) is 4. The lowest BCUT2D eigenvalue weighted by Crippen LogP contribution is -2.38. The van der Waals surface area contributed by atoms with Crippen LogP contribution in [-0.2, 0) is 11.0 Å². The topological polar surface area (TPSA) is 45.2 Å². The van der Waals surface area contributed by atoms with Gasteiger partial charge in [0.05, 0.1) is 15.8 Å². The number of hydrogen-bond donors (Lipinski definition) is 1. The van der Waals surface area contributed by atoms with E-state index in [9.17, 15) is 26.7 Å². The first-order valence-electron chi connectivity index (χ1n) is 9.19. The Morgan fingerprint density at radius 3 is 2.53 bits per heavy atom. The molecule has 0 saturated carbocycles. The molecule has 1 N–H and O–H groups in total. The van der Waals surface area contributed by atoms with Crippen molar-refractivity contribution in [3.8, 4) is 0 Å². The molecule has 10 heteroatoms. The molecule has 3 aromatic rings. The maximum Gasteiger partial charge on any atom is 0.419 e. The van der Waals surface area contributed by atoms with Crippen LogP contribution in [0.15, 0.2) is 36.4 Å². The van der Waals surface area contributed by atoms with Gasteiger partial charge >= 0.3 is 6.18 Å². The summed E-state index contributed by atoms with van der Waals surface area (Å²) in [5, 5.41) is 3.19. The monoisotopic (exact) mass is 441 g/mol. The average molecular weight is 441 g/mol. The van der Waals surface area contributed by atoms with Crippen LogP contribution < -0.4 is 10.2 Å². The minimum absolute atomic E-state index is 0.0932. The predicted octanol–water partition coefficient (Wildman–Crippen LogP) is 5.45. The number of nitrogens with one attached hydrogen (secondary N) is 1. The molecule has 0 bridgehead atoms. The van der Waals surface area contributed by atoms with Gasteiger partial charge in [-0.3, -0.25) is 4.79 Å². The van der Waals surface area contributed by atoms with Crippen LogP contribution in [0.2, 0.25) is 0 Å². The fraction of sp³-hybridized carbons (Fsp3) is 0.300. The molecule has 30 heavy (non-hydrogen) atoms. The molecule has 2 aromatic carbocycles. The maximum atomic E-state index is 13.4. The molecule has 0 radical (unpaired) electrons. The molecule has 0 aliphatic carbocycles. The van der Waals surface area contributed by atoms with Crippen LogP contribution in [0.3, 0.4) is 0 Å². The first-order valence-corrected chi connectivity index (χ1v) is 10.0. The van der Waals surface area contributed by atoms with E-state index in [1.807, 2.05) is 4.90 Å². The van der Waals surface area contributed by atoms with Crippen molar-refractivity contribution in [1.29, 1.82) is 0 Å². The summed E-state index contributed by atoms with van der Waals surface area (Å²) in [6.45, 7) is 1.08. The van der Waals surface area contributed by atoms with E-state index in [-0.39, 0.29) is 17.4 Å². The number of carbonyl (C=O) groups is 1. The molecular formula is C20H16F5N3OS. The van der Waals surface area contributed by atoms with Gasteiger partial charge in [0.15, 0.2) is 5.13 Å². The van der Waals surface area contributed by atoms with E-state index in [1.165, 1.54) is 23.5 Å². The Hall–Kier alpha value is -2.75. The Morgan fingerprint density at radius 1 is 1.10 bits per heavy atom. The number of nitrogens with zero attached hydrogens (tertiary/aromatic N) is 2. The summed E-state index contributed by atoms with van der Waals surface area (Å²) in [4.78, 5) is 19.0. The van der Waals surface area contributed by atoms with Crippen LogP contribution in [0, 0.1) is 17.6 Å². The van der Waals surface area contributed by atoms with E-state index < -0.39 is 23.5 Å². The summed E-state index contributed by atoms with van der Waals surface area (Å²) >= 11 is 1.37. The number of benzene rings is 2. The van der Waals surface area contributed by atoms with Crippen molar-refractivity contribution >= 4 is 38.3 Å². The fourth-order valence-electron chi connectivity index (χ4n) is 3.42. The van der Waals surface area contributed by atoms with Crippen molar-refractivity contribution < 1.29 is 26.7 Å². The molecule has 1 saturated heterocycles. The zero-order valence-electron chi connectivity index (χ0n) is 15.5. The molecule has 1 aliphatic rings. The van der Waals surface area contributed by atoms with Gasteiger partial charge in [-0.15, -0.1) is 0 Å². The van der Waals surface area contributed by atoms with Crippen LogP contribution in [0.5, 0.6) is 0 Å². The molecule has 1 aliphatic heterocycles. The van der Waals surface area contributed by atoms with Gasteiger partial charge in [-0.2, -0.15) is 13.2 Å². The number of rotatable bonds is 3. The zero-order chi connectivity index (χ0) is 21.5. The van der Waals surface area contributed by atoms with Gasteiger partial charge in [0.25, 0.3) is 0 Å². The first kappa shape index (κ1) is 20.5. The summed E-state index contributed by atoms with van der Waals surface area (Å²) in [5.74, 6) is -2.50. The molecule has 0 atom stereocenters. The number of alkyl halides is 3. The highest BCUT2D eigenvalue weighted by atomic mass is 32.1. The Balaban J connectivity index is 1.39. The van der Waals surface area contributed by atoms with Gasteiger partial charge in [-0.1, -0.05) is 11.3 Å². The largest absolute Gasteiger partial charge is 0.419 e. The Labute approximate surface area is 172 Å². The lowest BCUT2D eigenvalue weighted by atomic mass is 9.96. The van der Waals surface area contributed by atoms with Gasteiger partial charge in [-0.25, -0.2) is 13.8 Å². The maximum absolute atomic E-state index is 13.4. The van der Waals surface area contributed by atoms with E-state index in [4.69, 9.17) is 0 Å². The lowest BCUT2D eigenvalue weighted by Gasteiger charge is -2.31. The van der Waals surface area contributed by atoms with Crippen molar-refractivity contribution in [1.82, 2.24) is 4.98 Å². The second-order valence-corrected chi connectivity index (χ2v) is 8.06. The molecule has 4 rings (SSSR count). The normalized spacial score (nSPS) is 15.6. The number of fused-ring (bicyclic) bond motifs is 1. The van der Waals surface area contributed by atoms with Gasteiger partial charge in [0.1, 0.15) is 11.6 Å². The number of halogens is 5. The highest BCUT2D eigenvalue weighted by molar-refractivity contribution is 7.22. The van der Waals surface area contributed by atoms with Crippen molar-refractivity contribution in [3.63, 3.8) is 0 Å². The zero-order valence-corrected chi connectivity index (χ0v) is 16.3. The molecule has 2 heterocycles. The van der Waals surface area contributed by atoms with Crippen molar-refractivity contribution in [2.75, 3.05) is 23.3 Å². The summed E-state index contributed by atoms with van der Waals surface area (Å²) in [6.07, 6.45) is -3.86. The number of aromatic nitrogens is 1. The second kappa shape index (κ2) is 7.82. The predicted molar refractivity (Wildman–Crippen MR) is 105 cm³/mol. The molecule has 0 unspecified atom stereocenters. The quantitative estimate of drug-likeness (QED) is 0.550. The molecule has 4 nitrogen and oxygen atoms in total. The number of carbonyl (C=O) groups excluding carboxylic acids is 1. The van der Waals surface area contributed by atoms with E-state index in [2.05, 4.69) is 10.3 Å². The third-order valence-corrected chi connectivity index (χ3v) is 6.09. The highest BCUT2D eigenvalue weighted by Crippen LogP contribution is 2.34. The van der Waals surface area contributed by atoms with Crippen molar-refractivity contribution in [2.45, 2.75) is 19.0 Å². The SMILES string of the molecule is O=C(Nc1ccc(F)c(C(F)(F)F)c1)C1CCN(c2nc3ccc(F)cc3s2)CC1. The van der Waals surface area contributed by atoms with Gasteiger partial charge in [0.2, 0.25) is 5.91 Å². The number of thiazole rings is 1. The van der Waals surface area contributed by atoms with Gasteiger partial charge < -0.3 is 10.2 Å². The van der Waals surface area contributed by atoms with Gasteiger partial charge in [-0.05, 0) is 49.2 Å². The molecular weight excluding hydrogens is 425 g/mol. The van der Waals surface area contributed by atoms with Crippen LogP contribution in [0.4, 0.5) is 32.8 Å². The van der Waals surface area contributed by atoms with Crippen molar-refractivity contribution in [2.24, 2.45) is 5.92 Å². The van der Waals surface area contributed by atoms with Crippen LogP contribution >= 0.6 is 11.3 Å². The van der Waals surface area contributed by atoms with Crippen LogP contribution in [0.1, 0.15) is 18.4 Å². The van der Waals surface area contributed by atoms with E-state index in [0.29, 0.717) is 43.6 Å². The molecule has 1 aromatic heterocycles. The fourth-order valence-corrected chi connectivity index (χ4v) is 4.46. The second-order valence-electron chi connectivity index (χ2n) is 7.05. The summed E-state index contributed by atoms with van der Waals surface area (Å²) in [7, 11) is 0. The highest BCUT2D eigenvalue weighted by Gasteiger charge is 2.34. The van der Waals surface area contributed by atoms with Gasteiger partial charge in [0, 0.05) is 24.7 Å². The Bertz CT molecular complexity index is 1090. The molecule has 1 fully saturated rings. The lowest BCUT2D eigenvalue weighted by molar-refractivity contribution is -0.140. The number of anilines is 2.